The molecule has 1 unspecified atom stereocenters. The lowest BCUT2D eigenvalue weighted by atomic mass is 10.0. The van der Waals surface area contributed by atoms with E-state index in [9.17, 15) is 4.79 Å². The number of ether oxygens (including phenoxy) is 1. The maximum Gasteiger partial charge on any atom is 0.227 e. The summed E-state index contributed by atoms with van der Waals surface area (Å²) in [5.74, 6) is 1.11. The molecule has 0 aliphatic carbocycles. The van der Waals surface area contributed by atoms with Gasteiger partial charge in [-0.05, 0) is 43.1 Å². The molecule has 1 amide bonds. The number of rotatable bonds is 2. The van der Waals surface area contributed by atoms with E-state index in [-0.39, 0.29) is 12.0 Å². The summed E-state index contributed by atoms with van der Waals surface area (Å²) in [5, 5.41) is 3.29. The van der Waals surface area contributed by atoms with Gasteiger partial charge in [0, 0.05) is 25.7 Å². The van der Waals surface area contributed by atoms with Crippen LogP contribution in [-0.4, -0.2) is 32.1 Å². The zero-order valence-corrected chi connectivity index (χ0v) is 10.6. The second kappa shape index (κ2) is 4.61. The van der Waals surface area contributed by atoms with Crippen LogP contribution < -0.4 is 15.0 Å². The standard InChI is InChI=1S/C14H18N2O2/c1-16-13-4-3-11(18-12-6-7-15-9-12)8-10(13)2-5-14(16)17/h3-4,8,12,15H,2,5-7,9H2,1H3. The number of nitrogens with zero attached hydrogens (tertiary/aromatic N) is 1. The van der Waals surface area contributed by atoms with Crippen molar-refractivity contribution in [3.63, 3.8) is 0 Å². The van der Waals surface area contributed by atoms with Crippen molar-refractivity contribution in [2.75, 3.05) is 25.0 Å². The molecule has 4 heteroatoms. The average molecular weight is 246 g/mol. The van der Waals surface area contributed by atoms with Crippen LogP contribution in [0.15, 0.2) is 18.2 Å². The Morgan fingerprint density at radius 1 is 1.39 bits per heavy atom. The van der Waals surface area contributed by atoms with Crippen LogP contribution in [0.4, 0.5) is 5.69 Å². The van der Waals surface area contributed by atoms with Crippen LogP contribution in [0, 0.1) is 0 Å². The Labute approximate surface area is 107 Å². The molecule has 2 aliphatic heterocycles. The van der Waals surface area contributed by atoms with Crippen molar-refractivity contribution < 1.29 is 9.53 Å². The van der Waals surface area contributed by atoms with Gasteiger partial charge in [0.05, 0.1) is 0 Å². The number of carbonyl (C=O) groups excluding carboxylic acids is 1. The van der Waals surface area contributed by atoms with Crippen LogP contribution >= 0.6 is 0 Å². The summed E-state index contributed by atoms with van der Waals surface area (Å²) in [5.41, 5.74) is 2.23. The third-order valence-electron chi connectivity index (χ3n) is 3.71. The molecule has 2 heterocycles. The summed E-state index contributed by atoms with van der Waals surface area (Å²) < 4.78 is 5.94. The van der Waals surface area contributed by atoms with Crippen LogP contribution in [0.3, 0.4) is 0 Å². The SMILES string of the molecule is CN1C(=O)CCc2cc(OC3CCNC3)ccc21. The van der Waals surface area contributed by atoms with Gasteiger partial charge in [-0.2, -0.15) is 0 Å². The van der Waals surface area contributed by atoms with Crippen LogP contribution in [0.5, 0.6) is 5.75 Å². The van der Waals surface area contributed by atoms with E-state index in [1.807, 2.05) is 19.2 Å². The summed E-state index contributed by atoms with van der Waals surface area (Å²) in [6.07, 6.45) is 2.76. The van der Waals surface area contributed by atoms with Gasteiger partial charge >= 0.3 is 0 Å². The highest BCUT2D eigenvalue weighted by Gasteiger charge is 2.22. The molecule has 3 rings (SSSR count). The fourth-order valence-electron chi connectivity index (χ4n) is 2.63. The summed E-state index contributed by atoms with van der Waals surface area (Å²) >= 11 is 0. The van der Waals surface area contributed by atoms with Crippen molar-refractivity contribution in [1.82, 2.24) is 5.32 Å². The Kier molecular flexibility index (Phi) is 2.96. The number of carbonyl (C=O) groups is 1. The first kappa shape index (κ1) is 11.5. The van der Waals surface area contributed by atoms with Crippen LogP contribution in [0.1, 0.15) is 18.4 Å². The average Bonchev–Trinajstić information content (AvgIpc) is 2.87. The summed E-state index contributed by atoms with van der Waals surface area (Å²) in [4.78, 5) is 13.3. The molecule has 2 aliphatic rings. The van der Waals surface area contributed by atoms with Crippen LogP contribution in [0.25, 0.3) is 0 Å². The number of hydrogen-bond donors (Lipinski definition) is 1. The minimum Gasteiger partial charge on any atom is -0.489 e. The zero-order chi connectivity index (χ0) is 12.5. The number of aryl methyl sites for hydroxylation is 1. The molecule has 0 saturated carbocycles. The van der Waals surface area contributed by atoms with Gasteiger partial charge in [-0.15, -0.1) is 0 Å². The Hall–Kier alpha value is -1.55. The molecule has 1 aromatic rings. The number of benzene rings is 1. The normalized spacial score (nSPS) is 23.1. The second-order valence-corrected chi connectivity index (χ2v) is 4.98. The lowest BCUT2D eigenvalue weighted by Crippen LogP contribution is -2.31. The van der Waals surface area contributed by atoms with E-state index in [0.29, 0.717) is 6.42 Å². The fourth-order valence-corrected chi connectivity index (χ4v) is 2.63. The molecule has 1 fully saturated rings. The molecule has 4 nitrogen and oxygen atoms in total. The van der Waals surface area contributed by atoms with Crippen LogP contribution in [-0.2, 0) is 11.2 Å². The smallest absolute Gasteiger partial charge is 0.227 e. The van der Waals surface area contributed by atoms with Crippen molar-refractivity contribution in [1.29, 1.82) is 0 Å². The van der Waals surface area contributed by atoms with E-state index in [2.05, 4.69) is 11.4 Å². The molecule has 18 heavy (non-hydrogen) atoms. The molecule has 0 spiro atoms. The Morgan fingerprint density at radius 3 is 3.06 bits per heavy atom. The van der Waals surface area contributed by atoms with Gasteiger partial charge in [-0.25, -0.2) is 0 Å². The third kappa shape index (κ3) is 2.08. The molecule has 0 bridgehead atoms. The molecular formula is C14H18N2O2. The summed E-state index contributed by atoms with van der Waals surface area (Å²) in [7, 11) is 1.84. The largest absolute Gasteiger partial charge is 0.489 e. The zero-order valence-electron chi connectivity index (χ0n) is 10.6. The highest BCUT2D eigenvalue weighted by molar-refractivity contribution is 5.95. The van der Waals surface area contributed by atoms with Crippen LogP contribution in [0.2, 0.25) is 0 Å². The van der Waals surface area contributed by atoms with Crippen molar-refractivity contribution >= 4 is 11.6 Å². The van der Waals surface area contributed by atoms with Gasteiger partial charge in [0.1, 0.15) is 11.9 Å². The topological polar surface area (TPSA) is 41.6 Å². The summed E-state index contributed by atoms with van der Waals surface area (Å²) in [6, 6.07) is 6.03. The van der Waals surface area contributed by atoms with E-state index < -0.39 is 0 Å². The van der Waals surface area contributed by atoms with Crippen molar-refractivity contribution in [3.05, 3.63) is 23.8 Å². The molecule has 1 N–H and O–H groups in total. The predicted octanol–water partition coefficient (Wildman–Crippen LogP) is 1.34. The highest BCUT2D eigenvalue weighted by Crippen LogP contribution is 2.30. The first-order valence-corrected chi connectivity index (χ1v) is 6.51. The van der Waals surface area contributed by atoms with E-state index in [1.54, 1.807) is 4.90 Å². The van der Waals surface area contributed by atoms with Gasteiger partial charge in [-0.3, -0.25) is 4.79 Å². The molecule has 96 valence electrons. The fraction of sp³-hybridized carbons (Fsp3) is 0.500. The maximum atomic E-state index is 11.6. The molecule has 1 atom stereocenters. The van der Waals surface area contributed by atoms with E-state index >= 15 is 0 Å². The van der Waals surface area contributed by atoms with E-state index in [0.717, 1.165) is 37.4 Å². The highest BCUT2D eigenvalue weighted by atomic mass is 16.5. The molecule has 0 aromatic heterocycles. The lowest BCUT2D eigenvalue weighted by molar-refractivity contribution is -0.118. The molecular weight excluding hydrogens is 228 g/mol. The van der Waals surface area contributed by atoms with Crippen molar-refractivity contribution in [2.45, 2.75) is 25.4 Å². The number of hydrogen-bond acceptors (Lipinski definition) is 3. The summed E-state index contributed by atoms with van der Waals surface area (Å²) in [6.45, 7) is 1.96. The molecule has 1 aromatic carbocycles. The third-order valence-corrected chi connectivity index (χ3v) is 3.71. The number of fused-ring (bicyclic) bond motifs is 1. The maximum absolute atomic E-state index is 11.6. The Bertz CT molecular complexity index is 467. The van der Waals surface area contributed by atoms with E-state index in [1.165, 1.54) is 5.56 Å². The van der Waals surface area contributed by atoms with Gasteiger partial charge in [0.25, 0.3) is 0 Å². The van der Waals surface area contributed by atoms with Gasteiger partial charge < -0.3 is 15.0 Å². The monoisotopic (exact) mass is 246 g/mol. The minimum atomic E-state index is 0.191. The second-order valence-electron chi connectivity index (χ2n) is 4.98. The lowest BCUT2D eigenvalue weighted by Gasteiger charge is -2.26. The van der Waals surface area contributed by atoms with Gasteiger partial charge in [-0.1, -0.05) is 0 Å². The Morgan fingerprint density at radius 2 is 2.28 bits per heavy atom. The predicted molar refractivity (Wildman–Crippen MR) is 70.1 cm³/mol. The van der Waals surface area contributed by atoms with Gasteiger partial charge in [0.15, 0.2) is 0 Å². The first-order chi connectivity index (χ1) is 8.74. The molecule has 0 radical (unpaired) electrons. The molecule has 1 saturated heterocycles. The van der Waals surface area contributed by atoms with E-state index in [4.69, 9.17) is 4.74 Å². The van der Waals surface area contributed by atoms with Crippen molar-refractivity contribution in [2.24, 2.45) is 0 Å². The number of amides is 1. The van der Waals surface area contributed by atoms with Gasteiger partial charge in [0.2, 0.25) is 5.91 Å². The first-order valence-electron chi connectivity index (χ1n) is 6.51. The van der Waals surface area contributed by atoms with Crippen molar-refractivity contribution in [3.8, 4) is 5.75 Å². The number of anilines is 1. The quantitative estimate of drug-likeness (QED) is 0.856. The minimum absolute atomic E-state index is 0.191. The number of nitrogens with one attached hydrogen (secondary N) is 1. The Balaban J connectivity index is 1.80.